The van der Waals surface area contributed by atoms with Crippen LogP contribution >= 0.6 is 23.1 Å². The molecule has 0 aliphatic heterocycles. The highest BCUT2D eigenvalue weighted by atomic mass is 32.2. The molecule has 0 spiro atoms. The van der Waals surface area contributed by atoms with Crippen LogP contribution in [0.5, 0.6) is 11.5 Å². The Hall–Kier alpha value is -2.84. The summed E-state index contributed by atoms with van der Waals surface area (Å²) in [7, 11) is 1.55. The van der Waals surface area contributed by atoms with Crippen LogP contribution in [-0.4, -0.2) is 35.6 Å². The van der Waals surface area contributed by atoms with Crippen molar-refractivity contribution < 1.29 is 14.3 Å². The Balaban J connectivity index is 1.43. The Bertz CT molecular complexity index is 929. The first-order valence-corrected chi connectivity index (χ1v) is 10.3. The third-order valence-corrected chi connectivity index (χ3v) is 5.42. The molecule has 0 saturated heterocycles. The summed E-state index contributed by atoms with van der Waals surface area (Å²) in [6.45, 7) is -0.137. The number of thioether (sulfide) groups is 1. The first-order valence-electron chi connectivity index (χ1n) is 8.48. The number of rotatable bonds is 9. The molecule has 2 aromatic carbocycles. The van der Waals surface area contributed by atoms with E-state index in [-0.39, 0.29) is 12.5 Å². The fourth-order valence-corrected chi connectivity index (χ4v) is 3.83. The number of hydrogen-bond acceptors (Lipinski definition) is 7. The van der Waals surface area contributed by atoms with Gasteiger partial charge in [-0.2, -0.15) is 0 Å². The van der Waals surface area contributed by atoms with E-state index in [4.69, 9.17) is 9.47 Å². The third-order valence-electron chi connectivity index (χ3n) is 3.49. The zero-order valence-electron chi connectivity index (χ0n) is 15.2. The van der Waals surface area contributed by atoms with Crippen molar-refractivity contribution >= 4 is 40.2 Å². The van der Waals surface area contributed by atoms with Gasteiger partial charge >= 0.3 is 0 Å². The molecule has 0 aliphatic rings. The third kappa shape index (κ3) is 6.11. The van der Waals surface area contributed by atoms with Crippen LogP contribution in [0.3, 0.4) is 0 Å². The van der Waals surface area contributed by atoms with Crippen LogP contribution < -0.4 is 14.8 Å². The number of carbonyl (C=O) groups excluding carboxylic acids is 1. The molecule has 0 unspecified atom stereocenters. The standard InChI is InChI=1S/C20H19N3O3S2/c1-25-16-11-5-6-12-17(16)26-14-18(24)21-19-22-23-20(28-19)27-13-7-10-15-8-3-2-4-9-15/h2-12H,13-14H2,1H3,(H,21,22,24)/b10-7+. The molecule has 1 aromatic heterocycles. The summed E-state index contributed by atoms with van der Waals surface area (Å²) in [6.07, 6.45) is 4.13. The average molecular weight is 414 g/mol. The Morgan fingerprint density at radius 3 is 2.64 bits per heavy atom. The fourth-order valence-electron chi connectivity index (χ4n) is 2.22. The van der Waals surface area contributed by atoms with Crippen LogP contribution in [0.15, 0.2) is 65.0 Å². The van der Waals surface area contributed by atoms with Crippen molar-refractivity contribution in [2.75, 3.05) is 24.8 Å². The second kappa shape index (κ2) is 10.5. The van der Waals surface area contributed by atoms with Gasteiger partial charge in [-0.05, 0) is 17.7 Å². The van der Waals surface area contributed by atoms with Crippen molar-refractivity contribution in [3.05, 3.63) is 66.2 Å². The summed E-state index contributed by atoms with van der Waals surface area (Å²) in [5.74, 6) is 1.56. The number of nitrogens with one attached hydrogen (secondary N) is 1. The Labute approximate surface area is 171 Å². The van der Waals surface area contributed by atoms with Crippen molar-refractivity contribution in [3.63, 3.8) is 0 Å². The number of benzene rings is 2. The van der Waals surface area contributed by atoms with Crippen LogP contribution in [0.4, 0.5) is 5.13 Å². The monoisotopic (exact) mass is 413 g/mol. The molecule has 8 heteroatoms. The van der Waals surface area contributed by atoms with E-state index in [1.54, 1.807) is 31.0 Å². The molecule has 0 atom stereocenters. The Morgan fingerprint density at radius 2 is 1.86 bits per heavy atom. The number of aromatic nitrogens is 2. The quantitative estimate of drug-likeness (QED) is 0.415. The van der Waals surface area contributed by atoms with Gasteiger partial charge in [-0.3, -0.25) is 10.1 Å². The summed E-state index contributed by atoms with van der Waals surface area (Å²) >= 11 is 2.89. The van der Waals surface area contributed by atoms with E-state index in [1.807, 2.05) is 42.5 Å². The van der Waals surface area contributed by atoms with E-state index in [1.165, 1.54) is 11.3 Å². The van der Waals surface area contributed by atoms with Crippen LogP contribution in [0, 0.1) is 0 Å². The fraction of sp³-hybridized carbons (Fsp3) is 0.150. The van der Waals surface area contributed by atoms with E-state index >= 15 is 0 Å². The normalized spacial score (nSPS) is 10.8. The molecule has 28 heavy (non-hydrogen) atoms. The Kier molecular flexibility index (Phi) is 7.45. The minimum absolute atomic E-state index is 0.137. The zero-order valence-corrected chi connectivity index (χ0v) is 16.8. The highest BCUT2D eigenvalue weighted by molar-refractivity contribution is 8.01. The minimum Gasteiger partial charge on any atom is -0.493 e. The van der Waals surface area contributed by atoms with Crippen molar-refractivity contribution in [1.82, 2.24) is 10.2 Å². The Morgan fingerprint density at radius 1 is 1.11 bits per heavy atom. The molecule has 3 rings (SSSR count). The highest BCUT2D eigenvalue weighted by Gasteiger charge is 2.10. The molecule has 6 nitrogen and oxygen atoms in total. The largest absolute Gasteiger partial charge is 0.493 e. The molecule has 0 bridgehead atoms. The molecule has 144 valence electrons. The molecular weight excluding hydrogens is 394 g/mol. The van der Waals surface area contributed by atoms with E-state index in [0.29, 0.717) is 16.6 Å². The first-order chi connectivity index (χ1) is 13.7. The zero-order chi connectivity index (χ0) is 19.6. The number of amides is 1. The molecule has 1 N–H and O–H groups in total. The second-order valence-corrected chi connectivity index (χ2v) is 7.73. The topological polar surface area (TPSA) is 73.3 Å². The van der Waals surface area contributed by atoms with Gasteiger partial charge in [0.05, 0.1) is 7.11 Å². The van der Waals surface area contributed by atoms with Gasteiger partial charge in [0.25, 0.3) is 5.91 Å². The van der Waals surface area contributed by atoms with Gasteiger partial charge in [0, 0.05) is 5.75 Å². The lowest BCUT2D eigenvalue weighted by molar-refractivity contribution is -0.118. The molecule has 1 amide bonds. The number of nitrogens with zero attached hydrogens (tertiary/aromatic N) is 2. The van der Waals surface area contributed by atoms with Gasteiger partial charge in [0.2, 0.25) is 5.13 Å². The lowest BCUT2D eigenvalue weighted by atomic mass is 10.2. The van der Waals surface area contributed by atoms with Crippen molar-refractivity contribution in [1.29, 1.82) is 0 Å². The van der Waals surface area contributed by atoms with Crippen LogP contribution in [-0.2, 0) is 4.79 Å². The maximum absolute atomic E-state index is 12.1. The van der Waals surface area contributed by atoms with Gasteiger partial charge in [-0.15, -0.1) is 10.2 Å². The number of carbonyl (C=O) groups is 1. The average Bonchev–Trinajstić information content (AvgIpc) is 3.17. The molecule has 1 heterocycles. The lowest BCUT2D eigenvalue weighted by Crippen LogP contribution is -2.20. The SMILES string of the molecule is COc1ccccc1OCC(=O)Nc1nnc(SC/C=C/c2ccccc2)s1. The van der Waals surface area contributed by atoms with Crippen LogP contribution in [0.25, 0.3) is 6.08 Å². The maximum atomic E-state index is 12.1. The minimum atomic E-state index is -0.303. The van der Waals surface area contributed by atoms with E-state index < -0.39 is 0 Å². The van der Waals surface area contributed by atoms with E-state index in [2.05, 4.69) is 27.7 Å². The van der Waals surface area contributed by atoms with Gasteiger partial charge in [-0.25, -0.2) is 0 Å². The molecule has 0 radical (unpaired) electrons. The summed E-state index contributed by atoms with van der Waals surface area (Å²) < 4.78 is 11.5. The smallest absolute Gasteiger partial charge is 0.264 e. The van der Waals surface area contributed by atoms with E-state index in [9.17, 15) is 4.79 Å². The summed E-state index contributed by atoms with van der Waals surface area (Å²) in [5.41, 5.74) is 1.16. The van der Waals surface area contributed by atoms with Crippen molar-refractivity contribution in [2.24, 2.45) is 0 Å². The predicted octanol–water partition coefficient (Wildman–Crippen LogP) is 4.37. The molecule has 0 saturated carbocycles. The first kappa shape index (κ1) is 19.9. The number of hydrogen-bond donors (Lipinski definition) is 1. The number of ether oxygens (including phenoxy) is 2. The van der Waals surface area contributed by atoms with Crippen LogP contribution in [0.1, 0.15) is 5.56 Å². The molecule has 0 fully saturated rings. The van der Waals surface area contributed by atoms with Crippen molar-refractivity contribution in [2.45, 2.75) is 4.34 Å². The second-order valence-electron chi connectivity index (χ2n) is 5.48. The van der Waals surface area contributed by atoms with Gasteiger partial charge in [0.15, 0.2) is 22.4 Å². The number of anilines is 1. The summed E-state index contributed by atoms with van der Waals surface area (Å²) in [4.78, 5) is 12.1. The van der Waals surface area contributed by atoms with Crippen LogP contribution in [0.2, 0.25) is 0 Å². The molecule has 3 aromatic rings. The van der Waals surface area contributed by atoms with Gasteiger partial charge in [0.1, 0.15) is 0 Å². The number of methoxy groups -OCH3 is 1. The van der Waals surface area contributed by atoms with Crippen molar-refractivity contribution in [3.8, 4) is 11.5 Å². The summed E-state index contributed by atoms with van der Waals surface area (Å²) in [6, 6.07) is 17.3. The molecule has 0 aliphatic carbocycles. The highest BCUT2D eigenvalue weighted by Crippen LogP contribution is 2.27. The van der Waals surface area contributed by atoms with Gasteiger partial charge < -0.3 is 9.47 Å². The lowest BCUT2D eigenvalue weighted by Gasteiger charge is -2.09. The van der Waals surface area contributed by atoms with Gasteiger partial charge in [-0.1, -0.05) is 77.7 Å². The van der Waals surface area contributed by atoms with E-state index in [0.717, 1.165) is 15.7 Å². The molecular formula is C20H19N3O3S2. The maximum Gasteiger partial charge on any atom is 0.264 e. The number of para-hydroxylation sites is 2. The predicted molar refractivity (Wildman–Crippen MR) is 113 cm³/mol. The summed E-state index contributed by atoms with van der Waals surface area (Å²) in [5, 5.41) is 11.2.